The lowest BCUT2D eigenvalue weighted by Gasteiger charge is -2.17. The third kappa shape index (κ3) is 5.02. The van der Waals surface area contributed by atoms with E-state index in [0.717, 1.165) is 56.8 Å². The van der Waals surface area contributed by atoms with Gasteiger partial charge in [-0.3, -0.25) is 0 Å². The van der Waals surface area contributed by atoms with Crippen LogP contribution in [0, 0.1) is 0 Å². The molecule has 0 saturated heterocycles. The van der Waals surface area contributed by atoms with E-state index in [-0.39, 0.29) is 0 Å². The van der Waals surface area contributed by atoms with E-state index in [2.05, 4.69) is 0 Å². The number of hydrogen-bond donors (Lipinski definition) is 0. The summed E-state index contributed by atoms with van der Waals surface area (Å²) in [5.41, 5.74) is 3.96. The lowest BCUT2D eigenvalue weighted by molar-refractivity contribution is 0.391. The molecule has 0 N–H and O–H groups in total. The van der Waals surface area contributed by atoms with Crippen LogP contribution in [0.5, 0.6) is 34.5 Å². The second kappa shape index (κ2) is 10.7. The van der Waals surface area contributed by atoms with Gasteiger partial charge in [0.05, 0.1) is 42.7 Å². The maximum atomic E-state index is 5.74. The monoisotopic (exact) mass is 438 g/mol. The molecule has 32 heavy (non-hydrogen) atoms. The van der Waals surface area contributed by atoms with Gasteiger partial charge in [0.25, 0.3) is 0 Å². The highest BCUT2D eigenvalue weighted by Crippen LogP contribution is 2.36. The number of hydrogen-bond acceptors (Lipinski definition) is 6. The molecule has 0 unspecified atom stereocenters. The normalized spacial score (nSPS) is 10.4. The van der Waals surface area contributed by atoms with Crippen LogP contribution in [0.4, 0.5) is 0 Å². The first-order valence-electron chi connectivity index (χ1n) is 10.2. The highest BCUT2D eigenvalue weighted by molar-refractivity contribution is 5.53. The Hall–Kier alpha value is -3.54. The van der Waals surface area contributed by atoms with E-state index < -0.39 is 0 Å². The summed E-state index contributed by atoms with van der Waals surface area (Å²) in [5.74, 6) is 4.66. The van der Waals surface area contributed by atoms with E-state index in [0.29, 0.717) is 12.8 Å². The molecule has 3 aromatic rings. The van der Waals surface area contributed by atoms with Crippen molar-refractivity contribution in [2.45, 2.75) is 12.8 Å². The molecule has 0 radical (unpaired) electrons. The van der Waals surface area contributed by atoms with Crippen LogP contribution < -0.4 is 28.4 Å². The van der Waals surface area contributed by atoms with Crippen LogP contribution in [0.15, 0.2) is 48.5 Å². The summed E-state index contributed by atoms with van der Waals surface area (Å²) < 4.78 is 33.3. The summed E-state index contributed by atoms with van der Waals surface area (Å²) in [5, 5.41) is 0. The van der Waals surface area contributed by atoms with Crippen LogP contribution in [0.25, 0.3) is 0 Å². The summed E-state index contributed by atoms with van der Waals surface area (Å²) >= 11 is 0. The quantitative estimate of drug-likeness (QED) is 0.448. The summed E-state index contributed by atoms with van der Waals surface area (Å²) in [6.45, 7) is 0. The van der Waals surface area contributed by atoms with Gasteiger partial charge in [0.1, 0.15) is 34.5 Å². The minimum absolute atomic E-state index is 0.600. The van der Waals surface area contributed by atoms with E-state index in [9.17, 15) is 0 Å². The second-order valence-corrected chi connectivity index (χ2v) is 7.19. The number of rotatable bonds is 10. The number of ether oxygens (including phenoxy) is 6. The fourth-order valence-corrected chi connectivity index (χ4v) is 3.75. The van der Waals surface area contributed by atoms with Crippen LogP contribution in [-0.2, 0) is 12.8 Å². The Bertz CT molecular complexity index is 975. The van der Waals surface area contributed by atoms with Crippen LogP contribution in [-0.4, -0.2) is 42.7 Å². The van der Waals surface area contributed by atoms with Crippen molar-refractivity contribution < 1.29 is 28.4 Å². The number of methoxy groups -OCH3 is 6. The average Bonchev–Trinajstić information content (AvgIpc) is 2.84. The predicted octanol–water partition coefficient (Wildman–Crippen LogP) is 4.92. The Morgan fingerprint density at radius 3 is 1.06 bits per heavy atom. The Morgan fingerprint density at radius 1 is 0.406 bits per heavy atom. The van der Waals surface area contributed by atoms with Crippen molar-refractivity contribution >= 4 is 0 Å². The fourth-order valence-electron chi connectivity index (χ4n) is 3.75. The SMILES string of the molecule is COc1ccc(OC)c(Cc2cc(OC)c(Cc3cc(OC)ccc3OC)cc2OC)c1. The van der Waals surface area contributed by atoms with Crippen LogP contribution in [0.2, 0.25) is 0 Å². The molecule has 0 atom stereocenters. The van der Waals surface area contributed by atoms with Gasteiger partial charge in [-0.25, -0.2) is 0 Å². The van der Waals surface area contributed by atoms with Gasteiger partial charge in [0.15, 0.2) is 0 Å². The Morgan fingerprint density at radius 2 is 0.750 bits per heavy atom. The highest BCUT2D eigenvalue weighted by Gasteiger charge is 2.16. The van der Waals surface area contributed by atoms with Gasteiger partial charge >= 0.3 is 0 Å². The number of benzene rings is 3. The van der Waals surface area contributed by atoms with E-state index >= 15 is 0 Å². The molecule has 0 fully saturated rings. The van der Waals surface area contributed by atoms with Gasteiger partial charge in [0, 0.05) is 35.1 Å². The molecule has 0 spiro atoms. The first kappa shape index (κ1) is 23.1. The molecule has 0 amide bonds. The molecule has 3 rings (SSSR count). The molecule has 0 saturated carbocycles. The van der Waals surface area contributed by atoms with E-state index in [4.69, 9.17) is 28.4 Å². The van der Waals surface area contributed by atoms with Crippen LogP contribution in [0.1, 0.15) is 22.3 Å². The first-order chi connectivity index (χ1) is 15.6. The molecule has 3 aromatic carbocycles. The summed E-state index contributed by atoms with van der Waals surface area (Å²) in [7, 11) is 9.96. The Balaban J connectivity index is 2.01. The largest absolute Gasteiger partial charge is 0.497 e. The average molecular weight is 439 g/mol. The third-order valence-electron chi connectivity index (χ3n) is 5.42. The maximum Gasteiger partial charge on any atom is 0.122 e. The van der Waals surface area contributed by atoms with Crippen molar-refractivity contribution in [1.29, 1.82) is 0 Å². The van der Waals surface area contributed by atoms with Gasteiger partial charge in [-0.2, -0.15) is 0 Å². The molecule has 6 heteroatoms. The standard InChI is InChI=1S/C26H30O6/c1-27-21-7-9-23(29-3)17(13-21)11-19-15-26(32-6)20(16-25(19)31-5)12-18-14-22(28-2)8-10-24(18)30-4/h7-10,13-16H,11-12H2,1-6H3. The van der Waals surface area contributed by atoms with Gasteiger partial charge in [-0.1, -0.05) is 0 Å². The molecule has 0 aromatic heterocycles. The fraction of sp³-hybridized carbons (Fsp3) is 0.308. The van der Waals surface area contributed by atoms with Crippen molar-refractivity contribution in [2.24, 2.45) is 0 Å². The predicted molar refractivity (Wildman–Crippen MR) is 124 cm³/mol. The maximum absolute atomic E-state index is 5.74. The third-order valence-corrected chi connectivity index (χ3v) is 5.42. The van der Waals surface area contributed by atoms with Crippen LogP contribution in [0.3, 0.4) is 0 Å². The molecular weight excluding hydrogens is 408 g/mol. The summed E-state index contributed by atoms with van der Waals surface area (Å²) in [4.78, 5) is 0. The highest BCUT2D eigenvalue weighted by atomic mass is 16.5. The lowest BCUT2D eigenvalue weighted by atomic mass is 9.97. The summed E-state index contributed by atoms with van der Waals surface area (Å²) in [6, 6.07) is 15.5. The molecule has 0 aliphatic heterocycles. The van der Waals surface area contributed by atoms with E-state index in [1.165, 1.54) is 0 Å². The lowest BCUT2D eigenvalue weighted by Crippen LogP contribution is -2.02. The summed E-state index contributed by atoms with van der Waals surface area (Å²) in [6.07, 6.45) is 1.20. The molecule has 0 bridgehead atoms. The zero-order chi connectivity index (χ0) is 23.1. The van der Waals surface area contributed by atoms with Crippen LogP contribution >= 0.6 is 0 Å². The van der Waals surface area contributed by atoms with Gasteiger partial charge in [-0.05, 0) is 48.5 Å². The van der Waals surface area contributed by atoms with E-state index in [1.54, 1.807) is 42.7 Å². The van der Waals surface area contributed by atoms with Crippen molar-refractivity contribution in [2.75, 3.05) is 42.7 Å². The second-order valence-electron chi connectivity index (χ2n) is 7.19. The first-order valence-corrected chi connectivity index (χ1v) is 10.2. The molecule has 6 nitrogen and oxygen atoms in total. The molecule has 0 heterocycles. The van der Waals surface area contributed by atoms with Crippen molar-refractivity contribution in [3.05, 3.63) is 70.8 Å². The van der Waals surface area contributed by atoms with Gasteiger partial charge in [0.2, 0.25) is 0 Å². The topological polar surface area (TPSA) is 55.4 Å². The minimum Gasteiger partial charge on any atom is -0.497 e. The zero-order valence-electron chi connectivity index (χ0n) is 19.5. The Kier molecular flexibility index (Phi) is 7.71. The van der Waals surface area contributed by atoms with E-state index in [1.807, 2.05) is 48.5 Å². The zero-order valence-corrected chi connectivity index (χ0v) is 19.5. The Labute approximate surface area is 189 Å². The molecule has 0 aliphatic rings. The minimum atomic E-state index is 0.600. The van der Waals surface area contributed by atoms with Gasteiger partial charge < -0.3 is 28.4 Å². The van der Waals surface area contributed by atoms with Gasteiger partial charge in [-0.15, -0.1) is 0 Å². The molecular formula is C26H30O6. The van der Waals surface area contributed by atoms with Crippen molar-refractivity contribution in [3.63, 3.8) is 0 Å². The molecule has 0 aliphatic carbocycles. The van der Waals surface area contributed by atoms with Crippen molar-refractivity contribution in [3.8, 4) is 34.5 Å². The molecule has 170 valence electrons. The smallest absolute Gasteiger partial charge is 0.122 e. The van der Waals surface area contributed by atoms with Crippen molar-refractivity contribution in [1.82, 2.24) is 0 Å².